The molecule has 1 aliphatic heterocycles. The quantitative estimate of drug-likeness (QED) is 0.305. The van der Waals surface area contributed by atoms with Gasteiger partial charge in [-0.05, 0) is 30.5 Å². The number of hydrogen-bond acceptors (Lipinski definition) is 4. The Balaban J connectivity index is 1.34. The number of ether oxygens (including phenoxy) is 1. The number of carbonyl (C=O) groups is 2. The number of carbonyl (C=O) groups excluding carboxylic acids is 2. The van der Waals surface area contributed by atoms with Crippen LogP contribution < -0.4 is 5.32 Å². The van der Waals surface area contributed by atoms with E-state index in [-0.39, 0.29) is 11.7 Å². The first-order valence-corrected chi connectivity index (χ1v) is 12.8. The number of imidazole rings is 1. The van der Waals surface area contributed by atoms with E-state index in [1.807, 2.05) is 102 Å². The third-order valence-electron chi connectivity index (χ3n) is 7.23. The molecule has 1 fully saturated rings. The summed E-state index contributed by atoms with van der Waals surface area (Å²) in [7, 11) is 0. The number of fused-ring (bicyclic) bond motifs is 1. The molecule has 6 rings (SSSR count). The smallest absolute Gasteiger partial charge is 0.288 e. The fourth-order valence-corrected chi connectivity index (χ4v) is 5.18. The average Bonchev–Trinajstić information content (AvgIpc) is 3.38. The fourth-order valence-electron chi connectivity index (χ4n) is 5.18. The lowest BCUT2D eigenvalue weighted by atomic mass is 9.82. The maximum Gasteiger partial charge on any atom is 0.288 e. The summed E-state index contributed by atoms with van der Waals surface area (Å²) in [6.45, 7) is 1.16. The average molecular weight is 502 g/mol. The lowest BCUT2D eigenvalue weighted by Gasteiger charge is -2.38. The van der Waals surface area contributed by atoms with Crippen LogP contribution in [-0.2, 0) is 10.3 Å². The molecule has 0 bridgehead atoms. The van der Waals surface area contributed by atoms with Crippen LogP contribution in [0.5, 0.6) is 0 Å². The predicted molar refractivity (Wildman–Crippen MR) is 146 cm³/mol. The lowest BCUT2D eigenvalue weighted by Crippen LogP contribution is -2.49. The molecule has 2 aromatic heterocycles. The number of rotatable bonds is 6. The minimum atomic E-state index is -0.517. The molecule has 1 N–H and O–H groups in total. The molecule has 1 amide bonds. The van der Waals surface area contributed by atoms with Crippen molar-refractivity contribution in [1.29, 1.82) is 0 Å². The fraction of sp³-hybridized carbons (Fsp3) is 0.156. The van der Waals surface area contributed by atoms with Crippen molar-refractivity contribution >= 4 is 17.2 Å². The van der Waals surface area contributed by atoms with Gasteiger partial charge in [-0.15, -0.1) is 0 Å². The number of nitrogens with zero attached hydrogens (tertiary/aromatic N) is 2. The summed E-state index contributed by atoms with van der Waals surface area (Å²) in [5, 5.41) is 3.32. The van der Waals surface area contributed by atoms with Crippen LogP contribution in [0.3, 0.4) is 0 Å². The molecule has 188 valence electrons. The molecule has 1 saturated heterocycles. The van der Waals surface area contributed by atoms with E-state index in [9.17, 15) is 9.59 Å². The van der Waals surface area contributed by atoms with Gasteiger partial charge < -0.3 is 10.1 Å². The highest BCUT2D eigenvalue weighted by atomic mass is 16.5. The van der Waals surface area contributed by atoms with Gasteiger partial charge in [0.05, 0.1) is 16.7 Å². The van der Waals surface area contributed by atoms with Crippen molar-refractivity contribution in [2.45, 2.75) is 18.4 Å². The Bertz CT molecular complexity index is 1590. The van der Waals surface area contributed by atoms with Crippen molar-refractivity contribution in [2.24, 2.45) is 0 Å². The molecule has 3 heterocycles. The van der Waals surface area contributed by atoms with E-state index < -0.39 is 5.54 Å². The van der Waals surface area contributed by atoms with Gasteiger partial charge in [-0.1, -0.05) is 91.0 Å². The Labute approximate surface area is 220 Å². The minimum Gasteiger partial charge on any atom is -0.381 e. The molecule has 0 radical (unpaired) electrons. The Morgan fingerprint density at radius 3 is 2.11 bits per heavy atom. The van der Waals surface area contributed by atoms with Crippen LogP contribution in [-0.4, -0.2) is 34.3 Å². The number of benzene rings is 3. The maximum atomic E-state index is 13.8. The molecule has 1 aliphatic rings. The summed E-state index contributed by atoms with van der Waals surface area (Å²) < 4.78 is 7.45. The van der Waals surface area contributed by atoms with E-state index in [0.29, 0.717) is 48.7 Å². The Morgan fingerprint density at radius 2 is 1.39 bits per heavy atom. The molecular formula is C32H27N3O3. The van der Waals surface area contributed by atoms with Crippen molar-refractivity contribution in [3.8, 4) is 11.3 Å². The monoisotopic (exact) mass is 501 g/mol. The second-order valence-corrected chi connectivity index (χ2v) is 9.53. The van der Waals surface area contributed by atoms with Crippen LogP contribution in [0.25, 0.3) is 16.8 Å². The second kappa shape index (κ2) is 10.1. The zero-order valence-electron chi connectivity index (χ0n) is 20.8. The van der Waals surface area contributed by atoms with Crippen LogP contribution in [0.1, 0.15) is 44.9 Å². The number of aromatic nitrogens is 2. The Morgan fingerprint density at radius 1 is 0.763 bits per heavy atom. The number of ketones is 1. The van der Waals surface area contributed by atoms with E-state index in [1.165, 1.54) is 0 Å². The highest BCUT2D eigenvalue weighted by Gasteiger charge is 2.37. The van der Waals surface area contributed by atoms with Crippen LogP contribution in [0, 0.1) is 0 Å². The number of nitrogens with one attached hydrogen (secondary N) is 1. The molecular weight excluding hydrogens is 474 g/mol. The van der Waals surface area contributed by atoms with Crippen LogP contribution in [0.15, 0.2) is 109 Å². The van der Waals surface area contributed by atoms with Gasteiger partial charge in [-0.25, -0.2) is 4.98 Å². The predicted octanol–water partition coefficient (Wildman–Crippen LogP) is 5.67. The first kappa shape index (κ1) is 23.8. The van der Waals surface area contributed by atoms with Crippen LogP contribution >= 0.6 is 0 Å². The molecule has 0 spiro atoms. The maximum absolute atomic E-state index is 13.8. The van der Waals surface area contributed by atoms with Crippen molar-refractivity contribution in [1.82, 2.24) is 14.7 Å². The van der Waals surface area contributed by atoms with Gasteiger partial charge in [0.2, 0.25) is 5.82 Å². The Hall–Kier alpha value is -4.55. The normalized spacial score (nSPS) is 14.7. The summed E-state index contributed by atoms with van der Waals surface area (Å²) in [5.74, 6) is 0.0514. The molecule has 6 nitrogen and oxygen atoms in total. The summed E-state index contributed by atoms with van der Waals surface area (Å²) in [4.78, 5) is 31.4. The summed E-state index contributed by atoms with van der Waals surface area (Å²) in [6.07, 6.45) is 3.23. The van der Waals surface area contributed by atoms with Crippen LogP contribution in [0.2, 0.25) is 0 Å². The van der Waals surface area contributed by atoms with E-state index >= 15 is 0 Å². The van der Waals surface area contributed by atoms with Gasteiger partial charge in [-0.2, -0.15) is 0 Å². The summed E-state index contributed by atoms with van der Waals surface area (Å²) in [5.41, 5.74) is 4.14. The lowest BCUT2D eigenvalue weighted by molar-refractivity contribution is 0.0342. The van der Waals surface area contributed by atoms with Crippen LogP contribution in [0.4, 0.5) is 0 Å². The van der Waals surface area contributed by atoms with Gasteiger partial charge in [0.25, 0.3) is 5.91 Å². The summed E-state index contributed by atoms with van der Waals surface area (Å²) >= 11 is 0. The molecule has 5 aromatic rings. The van der Waals surface area contributed by atoms with Crippen molar-refractivity contribution < 1.29 is 14.3 Å². The van der Waals surface area contributed by atoms with E-state index in [0.717, 1.165) is 16.6 Å². The second-order valence-electron chi connectivity index (χ2n) is 9.53. The molecule has 0 saturated carbocycles. The van der Waals surface area contributed by atoms with Gasteiger partial charge in [-0.3, -0.25) is 14.0 Å². The largest absolute Gasteiger partial charge is 0.381 e. The molecule has 6 heteroatoms. The minimum absolute atomic E-state index is 0.0328. The SMILES string of the molecule is O=C(c1ccccc1)c1ccc(-c2nc(C(=O)NC3(c4ccccc4)CCOCC3)n3ccccc23)cc1. The van der Waals surface area contributed by atoms with Crippen molar-refractivity contribution in [3.63, 3.8) is 0 Å². The van der Waals surface area contributed by atoms with Gasteiger partial charge >= 0.3 is 0 Å². The Kier molecular flexibility index (Phi) is 6.32. The van der Waals surface area contributed by atoms with Crippen molar-refractivity contribution in [3.05, 3.63) is 132 Å². The highest BCUT2D eigenvalue weighted by molar-refractivity contribution is 6.09. The zero-order chi connectivity index (χ0) is 26.0. The first-order valence-electron chi connectivity index (χ1n) is 12.8. The van der Waals surface area contributed by atoms with Gasteiger partial charge in [0.15, 0.2) is 5.78 Å². The van der Waals surface area contributed by atoms with Gasteiger partial charge in [0, 0.05) is 36.1 Å². The summed E-state index contributed by atoms with van der Waals surface area (Å²) in [6, 6.07) is 32.5. The topological polar surface area (TPSA) is 72.7 Å². The van der Waals surface area contributed by atoms with Crippen molar-refractivity contribution in [2.75, 3.05) is 13.2 Å². The number of pyridine rings is 1. The third-order valence-corrected chi connectivity index (χ3v) is 7.23. The first-order chi connectivity index (χ1) is 18.6. The molecule has 0 aliphatic carbocycles. The van der Waals surface area contributed by atoms with Gasteiger partial charge in [0.1, 0.15) is 0 Å². The molecule has 3 aromatic carbocycles. The number of amides is 1. The third kappa shape index (κ3) is 4.40. The molecule has 38 heavy (non-hydrogen) atoms. The van der Waals surface area contributed by atoms with E-state index in [4.69, 9.17) is 9.72 Å². The molecule has 0 unspecified atom stereocenters. The van der Waals surface area contributed by atoms with E-state index in [1.54, 1.807) is 0 Å². The number of hydrogen-bond donors (Lipinski definition) is 1. The highest BCUT2D eigenvalue weighted by Crippen LogP contribution is 2.33. The standard InChI is InChI=1S/C32H27N3O3/c36-29(24-9-3-1-4-10-24)25-16-14-23(15-17-25)28-27-13-7-8-20-35(27)30(33-28)31(37)34-32(18-21-38-22-19-32)26-11-5-2-6-12-26/h1-17,20H,18-19,21-22H2,(H,34,37). The molecule has 0 atom stereocenters. The van der Waals surface area contributed by atoms with E-state index in [2.05, 4.69) is 17.4 Å². The zero-order valence-corrected chi connectivity index (χ0v) is 20.8.